The van der Waals surface area contributed by atoms with E-state index in [1.807, 2.05) is 24.3 Å². The van der Waals surface area contributed by atoms with E-state index in [0.29, 0.717) is 0 Å². The largest absolute Gasteiger partial charge is 0.497 e. The number of methoxy groups -OCH3 is 1. The van der Waals surface area contributed by atoms with Crippen molar-refractivity contribution in [1.82, 2.24) is 10.2 Å². The van der Waals surface area contributed by atoms with Crippen LogP contribution in [0.4, 0.5) is 5.69 Å². The minimum absolute atomic E-state index is 0.0774. The fourth-order valence-electron chi connectivity index (χ4n) is 3.78. The van der Waals surface area contributed by atoms with Gasteiger partial charge in [-0.05, 0) is 43.7 Å². The van der Waals surface area contributed by atoms with Crippen molar-refractivity contribution >= 4 is 11.6 Å². The first-order valence-electron chi connectivity index (χ1n) is 9.02. The second kappa shape index (κ2) is 7.43. The quantitative estimate of drug-likeness (QED) is 0.841. The normalized spacial score (nSPS) is 20.9. The highest BCUT2D eigenvalue weighted by Gasteiger charge is 2.41. The third kappa shape index (κ3) is 3.66. The minimum Gasteiger partial charge on any atom is -0.497 e. The fourth-order valence-corrected chi connectivity index (χ4v) is 3.78. The number of piperidine rings is 1. The molecule has 1 saturated carbocycles. The van der Waals surface area contributed by atoms with E-state index in [9.17, 15) is 4.79 Å². The van der Waals surface area contributed by atoms with Crippen LogP contribution in [-0.4, -0.2) is 50.1 Å². The Balaban J connectivity index is 1.68. The summed E-state index contributed by atoms with van der Waals surface area (Å²) in [5, 5.41) is 6.35. The molecule has 2 fully saturated rings. The highest BCUT2D eigenvalue weighted by atomic mass is 16.5. The van der Waals surface area contributed by atoms with E-state index in [2.05, 4.69) is 15.5 Å². The molecule has 2 aliphatic rings. The van der Waals surface area contributed by atoms with Gasteiger partial charge in [0.25, 0.3) is 0 Å². The van der Waals surface area contributed by atoms with Crippen LogP contribution in [0.5, 0.6) is 5.75 Å². The SMILES string of the molecule is CNC(=O)C1(Nc2cccc(OC)c2)CCN(CC2CCC2)CC1. The smallest absolute Gasteiger partial charge is 0.245 e. The van der Waals surface area contributed by atoms with Crippen LogP contribution >= 0.6 is 0 Å². The van der Waals surface area contributed by atoms with E-state index in [4.69, 9.17) is 4.74 Å². The van der Waals surface area contributed by atoms with Crippen LogP contribution in [0.25, 0.3) is 0 Å². The van der Waals surface area contributed by atoms with E-state index >= 15 is 0 Å². The molecule has 1 aliphatic carbocycles. The Kier molecular flexibility index (Phi) is 5.29. The predicted octanol–water partition coefficient (Wildman–Crippen LogP) is 2.49. The zero-order valence-corrected chi connectivity index (χ0v) is 14.8. The van der Waals surface area contributed by atoms with E-state index in [0.717, 1.165) is 43.3 Å². The molecule has 0 aromatic heterocycles. The Morgan fingerprint density at radius 2 is 2.08 bits per heavy atom. The Hall–Kier alpha value is -1.75. The number of benzene rings is 1. The lowest BCUT2D eigenvalue weighted by Crippen LogP contribution is -2.58. The molecule has 0 unspecified atom stereocenters. The van der Waals surface area contributed by atoms with E-state index in [1.54, 1.807) is 14.2 Å². The second-order valence-electron chi connectivity index (χ2n) is 7.12. The van der Waals surface area contributed by atoms with Gasteiger partial charge < -0.3 is 20.3 Å². The number of hydrogen-bond donors (Lipinski definition) is 2. The maximum atomic E-state index is 12.6. The fraction of sp³-hybridized carbons (Fsp3) is 0.632. The predicted molar refractivity (Wildman–Crippen MR) is 96.4 cm³/mol. The van der Waals surface area contributed by atoms with Crippen molar-refractivity contribution in [1.29, 1.82) is 0 Å². The number of nitrogens with one attached hydrogen (secondary N) is 2. The maximum absolute atomic E-state index is 12.6. The monoisotopic (exact) mass is 331 g/mol. The van der Waals surface area contributed by atoms with Crippen molar-refractivity contribution < 1.29 is 9.53 Å². The van der Waals surface area contributed by atoms with Gasteiger partial charge >= 0.3 is 0 Å². The van der Waals surface area contributed by atoms with Gasteiger partial charge in [0.1, 0.15) is 11.3 Å². The van der Waals surface area contributed by atoms with Gasteiger partial charge in [-0.25, -0.2) is 0 Å². The molecule has 5 heteroatoms. The standard InChI is InChI=1S/C19H29N3O2/c1-20-18(23)19(21-16-7-4-8-17(13-16)24-2)9-11-22(12-10-19)14-15-5-3-6-15/h4,7-8,13,15,21H,3,5-6,9-12,14H2,1-2H3,(H,20,23). The number of likely N-dealkylation sites (tertiary alicyclic amines) is 1. The Morgan fingerprint density at radius 1 is 1.33 bits per heavy atom. The molecular formula is C19H29N3O2. The molecule has 1 aliphatic heterocycles. The zero-order valence-electron chi connectivity index (χ0n) is 14.8. The minimum atomic E-state index is -0.531. The first kappa shape index (κ1) is 17.1. The average molecular weight is 331 g/mol. The highest BCUT2D eigenvalue weighted by Crippen LogP contribution is 2.32. The summed E-state index contributed by atoms with van der Waals surface area (Å²) in [4.78, 5) is 15.1. The summed E-state index contributed by atoms with van der Waals surface area (Å²) >= 11 is 0. The number of ether oxygens (including phenoxy) is 1. The lowest BCUT2D eigenvalue weighted by Gasteiger charge is -2.43. The summed E-state index contributed by atoms with van der Waals surface area (Å²) in [5.41, 5.74) is 0.405. The van der Waals surface area contributed by atoms with Crippen molar-refractivity contribution in [3.8, 4) is 5.75 Å². The molecule has 24 heavy (non-hydrogen) atoms. The van der Waals surface area contributed by atoms with Crippen molar-refractivity contribution in [3.63, 3.8) is 0 Å². The van der Waals surface area contributed by atoms with Gasteiger partial charge in [0.15, 0.2) is 0 Å². The molecule has 0 radical (unpaired) electrons. The van der Waals surface area contributed by atoms with Crippen molar-refractivity contribution in [2.24, 2.45) is 5.92 Å². The summed E-state index contributed by atoms with van der Waals surface area (Å²) in [6, 6.07) is 7.81. The van der Waals surface area contributed by atoms with E-state index in [1.165, 1.54) is 25.8 Å². The van der Waals surface area contributed by atoms with Crippen molar-refractivity contribution in [2.75, 3.05) is 39.1 Å². The number of carbonyl (C=O) groups is 1. The molecule has 1 aromatic carbocycles. The summed E-state index contributed by atoms with van der Waals surface area (Å²) in [5.74, 6) is 1.76. The Morgan fingerprint density at radius 3 is 2.67 bits per heavy atom. The summed E-state index contributed by atoms with van der Waals surface area (Å²) < 4.78 is 5.29. The number of carbonyl (C=O) groups excluding carboxylic acids is 1. The zero-order chi connectivity index (χ0) is 17.0. The van der Waals surface area contributed by atoms with Crippen LogP contribution in [-0.2, 0) is 4.79 Å². The second-order valence-corrected chi connectivity index (χ2v) is 7.12. The van der Waals surface area contributed by atoms with Crippen LogP contribution in [0.3, 0.4) is 0 Å². The molecule has 5 nitrogen and oxygen atoms in total. The number of nitrogens with zero attached hydrogens (tertiary/aromatic N) is 1. The van der Waals surface area contributed by atoms with E-state index < -0.39 is 5.54 Å². The Labute approximate surface area is 144 Å². The first-order valence-corrected chi connectivity index (χ1v) is 9.02. The summed E-state index contributed by atoms with van der Waals surface area (Å²) in [7, 11) is 3.38. The first-order chi connectivity index (χ1) is 11.6. The van der Waals surface area contributed by atoms with Crippen LogP contribution in [0.1, 0.15) is 32.1 Å². The maximum Gasteiger partial charge on any atom is 0.245 e. The van der Waals surface area contributed by atoms with Crippen LogP contribution < -0.4 is 15.4 Å². The lowest BCUT2D eigenvalue weighted by atomic mass is 9.82. The van der Waals surface area contributed by atoms with Crippen LogP contribution in [0, 0.1) is 5.92 Å². The number of hydrogen-bond acceptors (Lipinski definition) is 4. The third-order valence-corrected chi connectivity index (χ3v) is 5.57. The molecule has 2 N–H and O–H groups in total. The Bertz CT molecular complexity index is 563. The topological polar surface area (TPSA) is 53.6 Å². The van der Waals surface area contributed by atoms with Gasteiger partial charge in [-0.1, -0.05) is 12.5 Å². The van der Waals surface area contributed by atoms with Crippen LogP contribution in [0.2, 0.25) is 0 Å². The molecule has 1 aromatic rings. The van der Waals surface area contributed by atoms with Crippen LogP contribution in [0.15, 0.2) is 24.3 Å². The molecule has 132 valence electrons. The van der Waals surface area contributed by atoms with Crippen molar-refractivity contribution in [2.45, 2.75) is 37.6 Å². The lowest BCUT2D eigenvalue weighted by molar-refractivity contribution is -0.126. The van der Waals surface area contributed by atoms with Gasteiger partial charge in [-0.15, -0.1) is 0 Å². The number of rotatable bonds is 6. The molecule has 1 saturated heterocycles. The van der Waals surface area contributed by atoms with Crippen molar-refractivity contribution in [3.05, 3.63) is 24.3 Å². The van der Waals surface area contributed by atoms with Gasteiger partial charge in [-0.2, -0.15) is 0 Å². The summed E-state index contributed by atoms with van der Waals surface area (Å²) in [6.45, 7) is 3.14. The van der Waals surface area contributed by atoms with Gasteiger partial charge in [0, 0.05) is 38.4 Å². The number of amides is 1. The third-order valence-electron chi connectivity index (χ3n) is 5.57. The average Bonchev–Trinajstić information content (AvgIpc) is 2.59. The molecule has 0 atom stereocenters. The molecule has 1 heterocycles. The number of anilines is 1. The molecule has 1 amide bonds. The van der Waals surface area contributed by atoms with Gasteiger partial charge in [0.2, 0.25) is 5.91 Å². The molecule has 0 spiro atoms. The molecular weight excluding hydrogens is 302 g/mol. The molecule has 0 bridgehead atoms. The summed E-state index contributed by atoms with van der Waals surface area (Å²) in [6.07, 6.45) is 5.80. The van der Waals surface area contributed by atoms with Gasteiger partial charge in [0.05, 0.1) is 7.11 Å². The van der Waals surface area contributed by atoms with E-state index in [-0.39, 0.29) is 5.91 Å². The highest BCUT2D eigenvalue weighted by molar-refractivity contribution is 5.89. The molecule has 3 rings (SSSR count). The number of likely N-dealkylation sites (N-methyl/N-ethyl adjacent to an activating group) is 1. The van der Waals surface area contributed by atoms with Gasteiger partial charge in [-0.3, -0.25) is 4.79 Å².